The van der Waals surface area contributed by atoms with Crippen LogP contribution < -0.4 is 0 Å². The number of rotatable bonds is 7. The van der Waals surface area contributed by atoms with Crippen molar-refractivity contribution in [2.75, 3.05) is 20.6 Å². The van der Waals surface area contributed by atoms with Crippen LogP contribution in [-0.2, 0) is 21.5 Å². The third kappa shape index (κ3) is 3.79. The van der Waals surface area contributed by atoms with Gasteiger partial charge in [-0.1, -0.05) is 0 Å². The second-order valence-electron chi connectivity index (χ2n) is 3.84. The first-order valence-corrected chi connectivity index (χ1v) is 6.60. The van der Waals surface area contributed by atoms with Gasteiger partial charge < -0.3 is 5.11 Å². The molecule has 0 unspecified atom stereocenters. The summed E-state index contributed by atoms with van der Waals surface area (Å²) in [6.07, 6.45) is 2.90. The van der Waals surface area contributed by atoms with Gasteiger partial charge in [-0.25, -0.2) is 0 Å². The molecule has 0 aliphatic heterocycles. The summed E-state index contributed by atoms with van der Waals surface area (Å²) in [7, 11) is -0.868. The molecule has 0 fully saturated rings. The first-order chi connectivity index (χ1) is 8.34. The number of carboxylic acid groups (broad SMARTS) is 1. The highest BCUT2D eigenvalue weighted by atomic mass is 32.2. The summed E-state index contributed by atoms with van der Waals surface area (Å²) in [5.74, 6) is -1.03. The van der Waals surface area contributed by atoms with E-state index in [0.29, 0.717) is 0 Å². The van der Waals surface area contributed by atoms with Gasteiger partial charge in [-0.15, -0.1) is 0 Å². The van der Waals surface area contributed by atoms with Gasteiger partial charge in [-0.2, -0.15) is 22.1 Å². The topological polar surface area (TPSA) is 107 Å². The van der Waals surface area contributed by atoms with E-state index in [2.05, 4.69) is 10.2 Å². The average molecular weight is 276 g/mol. The van der Waals surface area contributed by atoms with E-state index in [0.717, 1.165) is 14.2 Å². The molecule has 8 nitrogen and oxygen atoms in total. The number of hydrogen-bond donors (Lipinski definition) is 2. The molecule has 0 aliphatic carbocycles. The molecular formula is C9H16N4O4S. The summed E-state index contributed by atoms with van der Waals surface area (Å²) < 4.78 is 26.1. The van der Waals surface area contributed by atoms with Crippen LogP contribution in [0.4, 0.5) is 0 Å². The monoisotopic (exact) mass is 276 g/mol. The van der Waals surface area contributed by atoms with Crippen molar-refractivity contribution in [1.29, 1.82) is 0 Å². The van der Waals surface area contributed by atoms with E-state index in [9.17, 15) is 13.2 Å². The molecule has 0 saturated heterocycles. The van der Waals surface area contributed by atoms with Crippen molar-refractivity contribution in [2.24, 2.45) is 0 Å². The van der Waals surface area contributed by atoms with Crippen molar-refractivity contribution >= 4 is 16.2 Å². The maximum Gasteiger partial charge on any atom is 0.304 e. The van der Waals surface area contributed by atoms with E-state index in [1.165, 1.54) is 20.3 Å². The van der Waals surface area contributed by atoms with Crippen LogP contribution >= 0.6 is 0 Å². The van der Waals surface area contributed by atoms with E-state index < -0.39 is 16.2 Å². The Morgan fingerprint density at radius 2 is 2.11 bits per heavy atom. The summed E-state index contributed by atoms with van der Waals surface area (Å²) in [6, 6.07) is 0. The number of nitrogens with one attached hydrogen (secondary N) is 1. The summed E-state index contributed by atoms with van der Waals surface area (Å²) in [5, 5.41) is 14.8. The SMILES string of the molecule is CN(CCC(=O)O)S(=O)(=O)N(C)Cc1cn[nH]c1. The summed E-state index contributed by atoms with van der Waals surface area (Å²) in [5.41, 5.74) is 0.729. The van der Waals surface area contributed by atoms with Crippen LogP contribution in [0.25, 0.3) is 0 Å². The Kier molecular flexibility index (Phi) is 4.82. The molecule has 0 aliphatic rings. The Balaban J connectivity index is 2.64. The molecule has 0 spiro atoms. The van der Waals surface area contributed by atoms with Gasteiger partial charge in [0.2, 0.25) is 0 Å². The van der Waals surface area contributed by atoms with Crippen molar-refractivity contribution < 1.29 is 18.3 Å². The van der Waals surface area contributed by atoms with Gasteiger partial charge >= 0.3 is 5.97 Å². The van der Waals surface area contributed by atoms with Crippen molar-refractivity contribution in [3.05, 3.63) is 18.0 Å². The molecule has 102 valence electrons. The molecule has 2 N–H and O–H groups in total. The molecule has 1 aromatic rings. The minimum absolute atomic E-state index is 0.0621. The lowest BCUT2D eigenvalue weighted by Crippen LogP contribution is -2.40. The fourth-order valence-electron chi connectivity index (χ4n) is 1.31. The first-order valence-electron chi connectivity index (χ1n) is 5.21. The van der Waals surface area contributed by atoms with Crippen LogP contribution in [0.3, 0.4) is 0 Å². The third-order valence-corrected chi connectivity index (χ3v) is 4.28. The number of H-pyrrole nitrogens is 1. The van der Waals surface area contributed by atoms with E-state index >= 15 is 0 Å². The molecule has 1 rings (SSSR count). The lowest BCUT2D eigenvalue weighted by molar-refractivity contribution is -0.137. The van der Waals surface area contributed by atoms with Crippen LogP contribution in [0.15, 0.2) is 12.4 Å². The minimum atomic E-state index is -3.65. The van der Waals surface area contributed by atoms with E-state index in [1.807, 2.05) is 0 Å². The maximum atomic E-state index is 12.0. The predicted octanol–water partition coefficient (Wildman–Crippen LogP) is -0.507. The standard InChI is InChI=1S/C9H16N4O4S/c1-12(4-3-9(14)15)18(16,17)13(2)7-8-5-10-11-6-8/h5-6H,3-4,7H2,1-2H3,(H,10,11)(H,14,15). The van der Waals surface area contributed by atoms with E-state index in [-0.39, 0.29) is 19.5 Å². The molecular weight excluding hydrogens is 260 g/mol. The second-order valence-corrected chi connectivity index (χ2v) is 5.98. The molecule has 0 radical (unpaired) electrons. The van der Waals surface area contributed by atoms with Crippen molar-refractivity contribution in [3.63, 3.8) is 0 Å². The summed E-state index contributed by atoms with van der Waals surface area (Å²) in [4.78, 5) is 10.4. The van der Waals surface area contributed by atoms with Crippen molar-refractivity contribution in [2.45, 2.75) is 13.0 Å². The zero-order valence-corrected chi connectivity index (χ0v) is 11.0. The lowest BCUT2D eigenvalue weighted by Gasteiger charge is -2.23. The number of aromatic nitrogens is 2. The highest BCUT2D eigenvalue weighted by molar-refractivity contribution is 7.86. The van der Waals surface area contributed by atoms with Crippen LogP contribution in [0, 0.1) is 0 Å². The average Bonchev–Trinajstić information content (AvgIpc) is 2.78. The highest BCUT2D eigenvalue weighted by Gasteiger charge is 2.24. The van der Waals surface area contributed by atoms with E-state index in [1.54, 1.807) is 6.20 Å². The van der Waals surface area contributed by atoms with Crippen LogP contribution in [0.5, 0.6) is 0 Å². The maximum absolute atomic E-state index is 12.0. The lowest BCUT2D eigenvalue weighted by atomic mass is 10.4. The fraction of sp³-hybridized carbons (Fsp3) is 0.556. The molecule has 9 heteroatoms. The zero-order chi connectivity index (χ0) is 13.8. The third-order valence-electron chi connectivity index (χ3n) is 2.39. The van der Waals surface area contributed by atoms with Gasteiger partial charge in [-0.05, 0) is 0 Å². The molecule has 0 bridgehead atoms. The second kappa shape index (κ2) is 5.94. The molecule has 1 aromatic heterocycles. The van der Waals surface area contributed by atoms with Crippen LogP contribution in [0.2, 0.25) is 0 Å². The Bertz CT molecular complexity index is 485. The van der Waals surface area contributed by atoms with Crippen LogP contribution in [-0.4, -0.2) is 58.9 Å². The van der Waals surface area contributed by atoms with Gasteiger partial charge in [0.1, 0.15) is 0 Å². The first kappa shape index (κ1) is 14.6. The Morgan fingerprint density at radius 1 is 1.44 bits per heavy atom. The van der Waals surface area contributed by atoms with Gasteiger partial charge in [0.15, 0.2) is 0 Å². The molecule has 1 heterocycles. The number of hydrogen-bond acceptors (Lipinski definition) is 4. The minimum Gasteiger partial charge on any atom is -0.481 e. The quantitative estimate of drug-likeness (QED) is 0.697. The van der Waals surface area contributed by atoms with Crippen LogP contribution in [0.1, 0.15) is 12.0 Å². The predicted molar refractivity (Wildman–Crippen MR) is 63.9 cm³/mol. The molecule has 0 saturated carbocycles. The number of carboxylic acids is 1. The fourth-order valence-corrected chi connectivity index (χ4v) is 2.42. The largest absolute Gasteiger partial charge is 0.481 e. The van der Waals surface area contributed by atoms with Gasteiger partial charge in [0.25, 0.3) is 10.2 Å². The Hall–Kier alpha value is -1.45. The zero-order valence-electron chi connectivity index (χ0n) is 10.2. The molecule has 0 amide bonds. The Labute approximate surface area is 105 Å². The summed E-state index contributed by atoms with van der Waals surface area (Å²) >= 11 is 0. The molecule has 18 heavy (non-hydrogen) atoms. The smallest absolute Gasteiger partial charge is 0.304 e. The van der Waals surface area contributed by atoms with Gasteiger partial charge in [0.05, 0.1) is 12.6 Å². The number of aromatic amines is 1. The van der Waals surface area contributed by atoms with Gasteiger partial charge in [-0.3, -0.25) is 9.89 Å². The number of nitrogens with zero attached hydrogens (tertiary/aromatic N) is 3. The Morgan fingerprint density at radius 3 is 2.61 bits per heavy atom. The van der Waals surface area contributed by atoms with Crippen molar-refractivity contribution in [1.82, 2.24) is 18.8 Å². The van der Waals surface area contributed by atoms with Gasteiger partial charge in [0, 0.05) is 38.9 Å². The summed E-state index contributed by atoms with van der Waals surface area (Å²) in [6.45, 7) is 0.115. The number of carbonyl (C=O) groups is 1. The molecule has 0 aromatic carbocycles. The van der Waals surface area contributed by atoms with E-state index in [4.69, 9.17) is 5.11 Å². The highest BCUT2D eigenvalue weighted by Crippen LogP contribution is 2.09. The number of aliphatic carboxylic acids is 1. The molecule has 0 atom stereocenters. The normalized spacial score (nSPS) is 12.2. The van der Waals surface area contributed by atoms with Crippen molar-refractivity contribution in [3.8, 4) is 0 Å².